The molecule has 6 rings (SSSR count). The van der Waals surface area contributed by atoms with Gasteiger partial charge in [-0.15, -0.1) is 13.2 Å². The maximum Gasteiger partial charge on any atom is 0.227 e. The minimum atomic E-state index is 0.270. The van der Waals surface area contributed by atoms with Gasteiger partial charge in [0.05, 0.1) is 12.4 Å². The van der Waals surface area contributed by atoms with Crippen molar-refractivity contribution in [2.24, 2.45) is 0 Å². The standard InChI is InChI=1S/C32H37N7/c1-4-18-33-32-35-30(28-31(36-32)39(19-5-2)22-34-28)38-20-16-25(17-21-38)37(3)29-26-12-8-6-10-23(26)14-15-24-11-7-9-13-27(24)29/h4-13,22,25,29H,1-2,14-21H2,3H3,(H,33,35,36). The summed E-state index contributed by atoms with van der Waals surface area (Å²) in [6, 6.07) is 18.8. The van der Waals surface area contributed by atoms with Gasteiger partial charge >= 0.3 is 0 Å². The molecule has 0 bridgehead atoms. The highest BCUT2D eigenvalue weighted by atomic mass is 15.3. The van der Waals surface area contributed by atoms with E-state index in [0.29, 0.717) is 25.1 Å². The number of rotatable bonds is 8. The zero-order valence-corrected chi connectivity index (χ0v) is 22.8. The maximum atomic E-state index is 4.91. The first-order chi connectivity index (χ1) is 19.2. The Morgan fingerprint density at radius 1 is 0.949 bits per heavy atom. The van der Waals surface area contributed by atoms with Crippen molar-refractivity contribution in [1.82, 2.24) is 24.4 Å². The largest absolute Gasteiger partial charge is 0.354 e. The fourth-order valence-electron chi connectivity index (χ4n) is 6.29. The normalized spacial score (nSPS) is 16.1. The predicted octanol–water partition coefficient (Wildman–Crippen LogP) is 5.40. The van der Waals surface area contributed by atoms with Gasteiger partial charge in [-0.3, -0.25) is 4.90 Å². The third-order valence-electron chi connectivity index (χ3n) is 8.29. The topological polar surface area (TPSA) is 62.1 Å². The van der Waals surface area contributed by atoms with Crippen LogP contribution in [0.5, 0.6) is 0 Å². The van der Waals surface area contributed by atoms with E-state index in [1.54, 1.807) is 0 Å². The first-order valence-corrected chi connectivity index (χ1v) is 14.0. The number of hydrogen-bond acceptors (Lipinski definition) is 6. The number of aromatic nitrogens is 4. The van der Waals surface area contributed by atoms with Crippen LogP contribution in [0.3, 0.4) is 0 Å². The number of allylic oxidation sites excluding steroid dienone is 1. The van der Waals surface area contributed by atoms with Gasteiger partial charge in [0.2, 0.25) is 5.95 Å². The van der Waals surface area contributed by atoms with Crippen molar-refractivity contribution >= 4 is 22.9 Å². The molecule has 2 aliphatic rings. The van der Waals surface area contributed by atoms with E-state index in [0.717, 1.165) is 55.8 Å². The summed E-state index contributed by atoms with van der Waals surface area (Å²) < 4.78 is 2.02. The Kier molecular flexibility index (Phi) is 7.16. The molecule has 0 atom stereocenters. The average molecular weight is 520 g/mol. The number of nitrogens with zero attached hydrogens (tertiary/aromatic N) is 6. The minimum Gasteiger partial charge on any atom is -0.354 e. The summed E-state index contributed by atoms with van der Waals surface area (Å²) in [5.41, 5.74) is 7.53. The first-order valence-electron chi connectivity index (χ1n) is 14.0. The van der Waals surface area contributed by atoms with Crippen molar-refractivity contribution in [2.45, 2.75) is 44.3 Å². The number of benzene rings is 2. The monoisotopic (exact) mass is 519 g/mol. The molecule has 1 N–H and O–H groups in total. The van der Waals surface area contributed by atoms with Gasteiger partial charge in [0, 0.05) is 32.2 Å². The van der Waals surface area contributed by atoms with Crippen LogP contribution in [-0.2, 0) is 19.4 Å². The van der Waals surface area contributed by atoms with Crippen LogP contribution in [0.15, 0.2) is 80.2 Å². The van der Waals surface area contributed by atoms with Gasteiger partial charge in [0.15, 0.2) is 17.0 Å². The van der Waals surface area contributed by atoms with Gasteiger partial charge in [0.1, 0.15) is 0 Å². The van der Waals surface area contributed by atoms with Crippen LogP contribution in [0, 0.1) is 0 Å². The van der Waals surface area contributed by atoms with E-state index < -0.39 is 0 Å². The average Bonchev–Trinajstić information content (AvgIpc) is 3.30. The van der Waals surface area contributed by atoms with Gasteiger partial charge in [-0.1, -0.05) is 60.7 Å². The third kappa shape index (κ3) is 4.83. The fourth-order valence-corrected chi connectivity index (χ4v) is 6.29. The Labute approximate surface area is 230 Å². The van der Waals surface area contributed by atoms with Crippen LogP contribution in [-0.4, -0.2) is 57.1 Å². The second kappa shape index (κ2) is 11.0. The van der Waals surface area contributed by atoms with E-state index in [9.17, 15) is 0 Å². The molecule has 1 aliphatic heterocycles. The lowest BCUT2D eigenvalue weighted by atomic mass is 9.91. The molecular weight excluding hydrogens is 482 g/mol. The number of piperidine rings is 1. The molecule has 7 nitrogen and oxygen atoms in total. The molecule has 1 fully saturated rings. The maximum absolute atomic E-state index is 4.91. The highest BCUT2D eigenvalue weighted by Gasteiger charge is 2.33. The molecule has 7 heteroatoms. The van der Waals surface area contributed by atoms with Crippen molar-refractivity contribution in [2.75, 3.05) is 36.9 Å². The molecule has 2 aromatic carbocycles. The van der Waals surface area contributed by atoms with Crippen molar-refractivity contribution in [3.05, 3.63) is 102 Å². The van der Waals surface area contributed by atoms with E-state index in [1.165, 1.54) is 22.3 Å². The quantitative estimate of drug-likeness (QED) is 0.315. The SMILES string of the molecule is C=CCNc1nc(N2CCC(N(C)C3c4ccccc4CCc4ccccc43)CC2)c2ncn(CC=C)c2n1. The third-order valence-corrected chi connectivity index (χ3v) is 8.29. The highest BCUT2D eigenvalue weighted by molar-refractivity contribution is 5.85. The van der Waals surface area contributed by atoms with Gasteiger partial charge in [0.25, 0.3) is 0 Å². The van der Waals surface area contributed by atoms with Crippen molar-refractivity contribution in [1.29, 1.82) is 0 Å². The van der Waals surface area contributed by atoms with E-state index in [4.69, 9.17) is 15.0 Å². The fraction of sp³-hybridized carbons (Fsp3) is 0.344. The lowest BCUT2D eigenvalue weighted by Gasteiger charge is -2.41. The van der Waals surface area contributed by atoms with Crippen LogP contribution in [0.25, 0.3) is 11.2 Å². The molecule has 0 unspecified atom stereocenters. The first kappa shape index (κ1) is 25.3. The molecule has 1 saturated heterocycles. The summed E-state index contributed by atoms with van der Waals surface area (Å²) in [6.45, 7) is 10.8. The molecule has 3 heterocycles. The molecule has 2 aromatic heterocycles. The number of nitrogens with one attached hydrogen (secondary N) is 1. The summed E-state index contributed by atoms with van der Waals surface area (Å²) in [4.78, 5) is 19.4. The summed E-state index contributed by atoms with van der Waals surface area (Å²) in [5, 5.41) is 3.28. The molecule has 39 heavy (non-hydrogen) atoms. The predicted molar refractivity (Wildman–Crippen MR) is 159 cm³/mol. The van der Waals surface area contributed by atoms with Crippen LogP contribution < -0.4 is 10.2 Å². The molecule has 0 saturated carbocycles. The van der Waals surface area contributed by atoms with Crippen molar-refractivity contribution in [3.8, 4) is 0 Å². The Hall–Kier alpha value is -3.97. The van der Waals surface area contributed by atoms with E-state index in [2.05, 4.69) is 83.9 Å². The van der Waals surface area contributed by atoms with Gasteiger partial charge < -0.3 is 14.8 Å². The summed E-state index contributed by atoms with van der Waals surface area (Å²) in [6.07, 6.45) is 9.84. The minimum absolute atomic E-state index is 0.270. The Bertz CT molecular complexity index is 1430. The number of aryl methyl sites for hydroxylation is 2. The van der Waals surface area contributed by atoms with Crippen LogP contribution in [0.4, 0.5) is 11.8 Å². The lowest BCUT2D eigenvalue weighted by Crippen LogP contribution is -2.45. The molecule has 0 amide bonds. The number of fused-ring (bicyclic) bond motifs is 3. The number of hydrogen-bond donors (Lipinski definition) is 1. The van der Waals surface area contributed by atoms with Crippen molar-refractivity contribution < 1.29 is 0 Å². The lowest BCUT2D eigenvalue weighted by molar-refractivity contribution is 0.170. The smallest absolute Gasteiger partial charge is 0.227 e. The molecular formula is C32H37N7. The second-order valence-electron chi connectivity index (χ2n) is 10.6. The Morgan fingerprint density at radius 2 is 1.62 bits per heavy atom. The highest BCUT2D eigenvalue weighted by Crippen LogP contribution is 2.39. The summed E-state index contributed by atoms with van der Waals surface area (Å²) >= 11 is 0. The molecule has 0 radical (unpaired) electrons. The van der Waals surface area contributed by atoms with Crippen LogP contribution >= 0.6 is 0 Å². The van der Waals surface area contributed by atoms with Crippen LogP contribution in [0.1, 0.15) is 41.1 Å². The number of anilines is 2. The Balaban J connectivity index is 1.27. The zero-order valence-electron chi connectivity index (χ0n) is 22.8. The molecule has 0 spiro atoms. The molecule has 200 valence electrons. The summed E-state index contributed by atoms with van der Waals surface area (Å²) in [7, 11) is 2.32. The van der Waals surface area contributed by atoms with E-state index >= 15 is 0 Å². The Morgan fingerprint density at radius 3 is 2.26 bits per heavy atom. The van der Waals surface area contributed by atoms with Gasteiger partial charge in [-0.25, -0.2) is 4.98 Å². The van der Waals surface area contributed by atoms with Gasteiger partial charge in [-0.2, -0.15) is 9.97 Å². The zero-order chi connectivity index (χ0) is 26.8. The molecule has 1 aliphatic carbocycles. The number of imidazole rings is 1. The molecule has 4 aromatic rings. The second-order valence-corrected chi connectivity index (χ2v) is 10.6. The van der Waals surface area contributed by atoms with Crippen LogP contribution in [0.2, 0.25) is 0 Å². The van der Waals surface area contributed by atoms with E-state index in [-0.39, 0.29) is 6.04 Å². The van der Waals surface area contributed by atoms with Crippen molar-refractivity contribution in [3.63, 3.8) is 0 Å². The summed E-state index contributed by atoms with van der Waals surface area (Å²) in [5.74, 6) is 1.51. The van der Waals surface area contributed by atoms with E-state index in [1.807, 2.05) is 23.0 Å². The van der Waals surface area contributed by atoms with Gasteiger partial charge in [-0.05, 0) is 55.0 Å².